The van der Waals surface area contributed by atoms with E-state index < -0.39 is 7.26 Å². The highest BCUT2D eigenvalue weighted by atomic mass is 31.2. The van der Waals surface area contributed by atoms with Crippen LogP contribution in [0.4, 0.5) is 0 Å². The maximum absolute atomic E-state index is 12.7. The molecule has 36 heavy (non-hydrogen) atoms. The minimum Gasteiger partial charge on any atom is -0.457 e. The minimum absolute atomic E-state index is 0.270. The summed E-state index contributed by atoms with van der Waals surface area (Å²) in [4.78, 5) is 12.7. The smallest absolute Gasteiger partial charge is 0.338 e. The number of rotatable bonds is 8. The lowest BCUT2D eigenvalue weighted by atomic mass is 10.1. The molecule has 2 nitrogen and oxygen atoms in total. The molecule has 0 saturated heterocycles. The highest BCUT2D eigenvalue weighted by molar-refractivity contribution is 7.95. The summed E-state index contributed by atoms with van der Waals surface area (Å²) in [6.45, 7) is 0.270. The van der Waals surface area contributed by atoms with Crippen LogP contribution >= 0.6 is 7.26 Å². The largest absolute Gasteiger partial charge is 0.457 e. The SMILES string of the molecule is O=C(OCc1ccccc1)c1ccc(C[P+](c2ccccc2)(c2ccccc2)c2ccccc2)cc1. The van der Waals surface area contributed by atoms with Crippen LogP contribution in [-0.2, 0) is 17.5 Å². The third kappa shape index (κ3) is 5.15. The molecule has 0 aromatic heterocycles. The monoisotopic (exact) mass is 487 g/mol. The zero-order chi connectivity index (χ0) is 24.6. The quantitative estimate of drug-likeness (QED) is 0.184. The Morgan fingerprint density at radius 1 is 0.500 bits per heavy atom. The molecule has 0 bridgehead atoms. The Kier molecular flexibility index (Phi) is 7.36. The molecule has 176 valence electrons. The van der Waals surface area contributed by atoms with Crippen molar-refractivity contribution in [3.8, 4) is 0 Å². The molecule has 0 spiro atoms. The van der Waals surface area contributed by atoms with Crippen LogP contribution in [0.25, 0.3) is 0 Å². The average molecular weight is 488 g/mol. The molecule has 5 aromatic rings. The standard InChI is InChI=1S/C33H28O2P/c34-33(35-25-27-13-5-1-6-14-27)29-23-21-28(22-24-29)26-36(30-15-7-2-8-16-30,31-17-9-3-10-18-31)32-19-11-4-12-20-32/h1-24H,25-26H2/q+1. The number of carbonyl (C=O) groups is 1. The molecule has 0 aliphatic heterocycles. The van der Waals surface area contributed by atoms with Gasteiger partial charge in [0.25, 0.3) is 0 Å². The molecule has 0 aliphatic carbocycles. The van der Waals surface area contributed by atoms with Crippen molar-refractivity contribution in [2.75, 3.05) is 0 Å². The van der Waals surface area contributed by atoms with Gasteiger partial charge in [-0.2, -0.15) is 0 Å². The number of hydrogen-bond donors (Lipinski definition) is 0. The van der Waals surface area contributed by atoms with E-state index in [1.807, 2.05) is 42.5 Å². The van der Waals surface area contributed by atoms with Crippen molar-refractivity contribution in [2.24, 2.45) is 0 Å². The predicted octanol–water partition coefficient (Wildman–Crippen LogP) is 6.54. The highest BCUT2D eigenvalue weighted by Gasteiger charge is 2.45. The first-order valence-electron chi connectivity index (χ1n) is 12.1. The van der Waals surface area contributed by atoms with E-state index in [1.165, 1.54) is 21.5 Å². The van der Waals surface area contributed by atoms with Crippen molar-refractivity contribution in [3.05, 3.63) is 162 Å². The van der Waals surface area contributed by atoms with E-state index in [2.05, 4.69) is 103 Å². The van der Waals surface area contributed by atoms with Gasteiger partial charge in [-0.3, -0.25) is 0 Å². The van der Waals surface area contributed by atoms with Crippen molar-refractivity contribution in [3.63, 3.8) is 0 Å². The first-order valence-corrected chi connectivity index (χ1v) is 14.1. The van der Waals surface area contributed by atoms with Crippen molar-refractivity contribution >= 4 is 29.1 Å². The normalized spacial score (nSPS) is 11.1. The van der Waals surface area contributed by atoms with Gasteiger partial charge in [0.05, 0.1) is 11.7 Å². The van der Waals surface area contributed by atoms with Crippen LogP contribution in [0.3, 0.4) is 0 Å². The van der Waals surface area contributed by atoms with Gasteiger partial charge in [-0.15, -0.1) is 0 Å². The molecule has 0 unspecified atom stereocenters. The lowest BCUT2D eigenvalue weighted by molar-refractivity contribution is 0.0472. The Labute approximate surface area is 213 Å². The Morgan fingerprint density at radius 3 is 1.36 bits per heavy atom. The number of ether oxygens (including phenoxy) is 1. The Morgan fingerprint density at radius 2 is 0.917 bits per heavy atom. The summed E-state index contributed by atoms with van der Waals surface area (Å²) in [5, 5.41) is 4.02. The molecule has 5 rings (SSSR count). The summed E-state index contributed by atoms with van der Waals surface area (Å²) in [5.41, 5.74) is 2.74. The Bertz CT molecular complexity index is 1290. The fraction of sp³-hybridized carbons (Fsp3) is 0.0606. The van der Waals surface area contributed by atoms with Gasteiger partial charge in [0.2, 0.25) is 0 Å². The summed E-state index contributed by atoms with van der Waals surface area (Å²) < 4.78 is 5.53. The average Bonchev–Trinajstić information content (AvgIpc) is 2.97. The summed E-state index contributed by atoms with van der Waals surface area (Å²) in [6.07, 6.45) is 0.865. The number of carbonyl (C=O) groups excluding carboxylic acids is 1. The van der Waals surface area contributed by atoms with E-state index in [1.54, 1.807) is 0 Å². The maximum Gasteiger partial charge on any atom is 0.338 e. The zero-order valence-corrected chi connectivity index (χ0v) is 20.9. The molecule has 5 aromatic carbocycles. The summed E-state index contributed by atoms with van der Waals surface area (Å²) in [6, 6.07) is 50.2. The topological polar surface area (TPSA) is 26.3 Å². The minimum atomic E-state index is -1.98. The molecule has 0 aliphatic rings. The van der Waals surface area contributed by atoms with Crippen LogP contribution in [0.1, 0.15) is 21.5 Å². The zero-order valence-electron chi connectivity index (χ0n) is 20.0. The van der Waals surface area contributed by atoms with Gasteiger partial charge in [0.1, 0.15) is 29.8 Å². The Hall–Kier alpha value is -4.00. The van der Waals surface area contributed by atoms with Crippen molar-refractivity contribution in [1.29, 1.82) is 0 Å². The molecule has 0 fully saturated rings. The van der Waals surface area contributed by atoms with Gasteiger partial charge in [-0.05, 0) is 59.7 Å². The molecule has 0 N–H and O–H groups in total. The van der Waals surface area contributed by atoms with Crippen LogP contribution < -0.4 is 15.9 Å². The molecular weight excluding hydrogens is 459 g/mol. The number of benzene rings is 5. The van der Waals surface area contributed by atoms with Crippen LogP contribution in [0.2, 0.25) is 0 Å². The fourth-order valence-electron chi connectivity index (χ4n) is 4.60. The Balaban J connectivity index is 1.48. The van der Waals surface area contributed by atoms with E-state index >= 15 is 0 Å². The van der Waals surface area contributed by atoms with E-state index in [0.717, 1.165) is 11.7 Å². The van der Waals surface area contributed by atoms with Gasteiger partial charge in [0, 0.05) is 0 Å². The second-order valence-corrected chi connectivity index (χ2v) is 12.2. The summed E-state index contributed by atoms with van der Waals surface area (Å²) in [7, 11) is -1.98. The lowest BCUT2D eigenvalue weighted by Gasteiger charge is -2.28. The number of hydrogen-bond acceptors (Lipinski definition) is 2. The molecule has 0 atom stereocenters. The third-order valence-corrected chi connectivity index (χ3v) is 10.8. The molecular formula is C33H28O2P+. The maximum atomic E-state index is 12.7. The molecule has 0 saturated carbocycles. The third-order valence-electron chi connectivity index (χ3n) is 6.41. The summed E-state index contributed by atoms with van der Waals surface area (Å²) >= 11 is 0. The second-order valence-electron chi connectivity index (χ2n) is 8.73. The molecule has 0 radical (unpaired) electrons. The van der Waals surface area contributed by atoms with E-state index in [-0.39, 0.29) is 12.6 Å². The molecule has 0 amide bonds. The van der Waals surface area contributed by atoms with Crippen LogP contribution in [-0.4, -0.2) is 5.97 Å². The van der Waals surface area contributed by atoms with Gasteiger partial charge in [-0.1, -0.05) is 97.1 Å². The van der Waals surface area contributed by atoms with E-state index in [0.29, 0.717) is 5.56 Å². The summed E-state index contributed by atoms with van der Waals surface area (Å²) in [5.74, 6) is -0.305. The van der Waals surface area contributed by atoms with Crippen LogP contribution in [0.15, 0.2) is 146 Å². The second kappa shape index (κ2) is 11.2. The fourth-order valence-corrected chi connectivity index (χ4v) is 8.84. The highest BCUT2D eigenvalue weighted by Crippen LogP contribution is 2.58. The van der Waals surface area contributed by atoms with Gasteiger partial charge in [-0.25, -0.2) is 4.79 Å². The van der Waals surface area contributed by atoms with Crippen molar-refractivity contribution in [1.82, 2.24) is 0 Å². The van der Waals surface area contributed by atoms with Crippen molar-refractivity contribution in [2.45, 2.75) is 12.8 Å². The van der Waals surface area contributed by atoms with Gasteiger partial charge < -0.3 is 4.74 Å². The number of esters is 1. The predicted molar refractivity (Wildman–Crippen MR) is 151 cm³/mol. The molecule has 0 heterocycles. The van der Waals surface area contributed by atoms with Crippen molar-refractivity contribution < 1.29 is 9.53 Å². The molecule has 3 heteroatoms. The first kappa shape index (κ1) is 23.7. The first-order chi connectivity index (χ1) is 17.8. The van der Waals surface area contributed by atoms with Gasteiger partial charge in [0.15, 0.2) is 0 Å². The van der Waals surface area contributed by atoms with Gasteiger partial charge >= 0.3 is 5.97 Å². The van der Waals surface area contributed by atoms with Crippen LogP contribution in [0, 0.1) is 0 Å². The van der Waals surface area contributed by atoms with Crippen LogP contribution in [0.5, 0.6) is 0 Å². The lowest BCUT2D eigenvalue weighted by Crippen LogP contribution is -2.32. The van der Waals surface area contributed by atoms with E-state index in [9.17, 15) is 4.79 Å². The van der Waals surface area contributed by atoms with E-state index in [4.69, 9.17) is 4.74 Å².